The van der Waals surface area contributed by atoms with Gasteiger partial charge in [0, 0.05) is 0 Å². The van der Waals surface area contributed by atoms with Crippen molar-refractivity contribution in [3.63, 3.8) is 0 Å². The minimum atomic E-state index is -1.62. The third-order valence-corrected chi connectivity index (χ3v) is 6.24. The molecule has 0 aliphatic carbocycles. The van der Waals surface area contributed by atoms with Crippen molar-refractivity contribution in [1.29, 1.82) is 0 Å². The first-order valence-corrected chi connectivity index (χ1v) is 11.3. The molecule has 1 radical (unpaired) electrons. The van der Waals surface area contributed by atoms with Crippen LogP contribution in [0.25, 0.3) is 0 Å². The van der Waals surface area contributed by atoms with Gasteiger partial charge in [0.25, 0.3) is 0 Å². The van der Waals surface area contributed by atoms with Gasteiger partial charge in [-0.25, -0.2) is 0 Å². The van der Waals surface area contributed by atoms with Crippen LogP contribution in [0.5, 0.6) is 0 Å². The van der Waals surface area contributed by atoms with Crippen molar-refractivity contribution in [2.24, 2.45) is 0 Å². The van der Waals surface area contributed by atoms with Crippen molar-refractivity contribution in [2.45, 2.75) is 17.3 Å². The fourth-order valence-corrected chi connectivity index (χ4v) is 4.70. The van der Waals surface area contributed by atoms with Crippen LogP contribution in [0.4, 0.5) is 0 Å². The number of hydrogen-bond acceptors (Lipinski definition) is 0. The molecule has 0 N–H and O–H groups in total. The Labute approximate surface area is 72.0 Å². The molecule has 0 aliphatic heterocycles. The first kappa shape index (κ1) is 8.86. The number of rotatable bonds is 1. The summed E-state index contributed by atoms with van der Waals surface area (Å²) in [4.78, 5) is 0. The predicted molar refractivity (Wildman–Crippen MR) is 53.9 cm³/mol. The molecule has 0 saturated carbocycles. The van der Waals surface area contributed by atoms with Gasteiger partial charge >= 0.3 is 71.7 Å². The van der Waals surface area contributed by atoms with Gasteiger partial charge in [0.1, 0.15) is 0 Å². The van der Waals surface area contributed by atoms with Crippen molar-refractivity contribution in [3.8, 4) is 0 Å². The molecule has 0 amide bonds. The van der Waals surface area contributed by atoms with Gasteiger partial charge in [-0.05, 0) is 0 Å². The molecule has 0 saturated heterocycles. The quantitative estimate of drug-likeness (QED) is 0.621. The van der Waals surface area contributed by atoms with E-state index in [0.29, 0.717) is 0 Å². The monoisotopic (exact) mass is 209 g/mol. The topological polar surface area (TPSA) is 0 Å². The molecule has 1 rings (SSSR count). The van der Waals surface area contributed by atoms with Gasteiger partial charge in [0.15, 0.2) is 0 Å². The molecule has 0 aliphatic rings. The second-order valence-electron chi connectivity index (χ2n) is 3.91. The summed E-state index contributed by atoms with van der Waals surface area (Å²) in [5, 5.41) is 0. The Morgan fingerprint density at radius 1 is 1.09 bits per heavy atom. The van der Waals surface area contributed by atoms with E-state index in [1.54, 1.807) is 0 Å². The zero-order valence-corrected chi connectivity index (χ0v) is 9.61. The van der Waals surface area contributed by atoms with Crippen molar-refractivity contribution >= 4 is 17.7 Å². The van der Waals surface area contributed by atoms with Crippen LogP contribution in [0.2, 0.25) is 17.3 Å². The van der Waals surface area contributed by atoms with E-state index in [9.17, 15) is 0 Å². The van der Waals surface area contributed by atoms with Gasteiger partial charge in [-0.15, -0.1) is 0 Å². The van der Waals surface area contributed by atoms with E-state index < -0.39 is 13.3 Å². The molecule has 59 valence electrons. The van der Waals surface area contributed by atoms with Crippen LogP contribution in [0, 0.1) is 6.92 Å². The van der Waals surface area contributed by atoms with Crippen LogP contribution in [0.3, 0.4) is 0 Å². The molecule has 0 unspecified atom stereocenters. The average Bonchev–Trinajstić information content (AvgIpc) is 1.86. The first-order valence-electron chi connectivity index (χ1n) is 3.93. The van der Waals surface area contributed by atoms with Crippen LogP contribution < -0.4 is 4.40 Å². The summed E-state index contributed by atoms with van der Waals surface area (Å²) in [5.41, 5.74) is 1.22. The molecule has 1 aromatic rings. The second-order valence-corrected chi connectivity index (χ2v) is 14.5. The SMILES string of the molecule is [CH2]c1cccc[c]1[Ge]([CH3])([CH3])[CH3]. The first-order chi connectivity index (χ1) is 5.02. The summed E-state index contributed by atoms with van der Waals surface area (Å²) < 4.78 is 1.52. The van der Waals surface area contributed by atoms with Gasteiger partial charge in [-0.2, -0.15) is 0 Å². The Hall–Kier alpha value is -0.237. The second kappa shape index (κ2) is 3.02. The fraction of sp³-hybridized carbons (Fsp3) is 0.300. The van der Waals surface area contributed by atoms with Crippen molar-refractivity contribution < 1.29 is 0 Å². The van der Waals surface area contributed by atoms with Crippen molar-refractivity contribution in [1.82, 2.24) is 0 Å². The summed E-state index contributed by atoms with van der Waals surface area (Å²) >= 11 is -1.62. The van der Waals surface area contributed by atoms with Crippen LogP contribution >= 0.6 is 0 Å². The molecule has 0 atom stereocenters. The molecule has 0 fully saturated rings. The van der Waals surface area contributed by atoms with Crippen LogP contribution in [0.1, 0.15) is 5.56 Å². The zero-order valence-electron chi connectivity index (χ0n) is 7.52. The predicted octanol–water partition coefficient (Wildman–Crippen LogP) is 2.41. The van der Waals surface area contributed by atoms with Gasteiger partial charge in [0.2, 0.25) is 0 Å². The van der Waals surface area contributed by atoms with Crippen molar-refractivity contribution in [3.05, 3.63) is 36.8 Å². The summed E-state index contributed by atoms with van der Waals surface area (Å²) in [6.07, 6.45) is 0. The van der Waals surface area contributed by atoms with E-state index in [0.717, 1.165) is 0 Å². The Kier molecular flexibility index (Phi) is 2.43. The number of benzene rings is 1. The molecule has 11 heavy (non-hydrogen) atoms. The Balaban J connectivity index is 3.14. The van der Waals surface area contributed by atoms with Crippen molar-refractivity contribution in [2.75, 3.05) is 0 Å². The van der Waals surface area contributed by atoms with Gasteiger partial charge in [-0.3, -0.25) is 0 Å². The molecule has 0 nitrogen and oxygen atoms in total. The third-order valence-electron chi connectivity index (χ3n) is 1.83. The molecule has 1 heteroatoms. The molecule has 0 bridgehead atoms. The van der Waals surface area contributed by atoms with E-state index in [4.69, 9.17) is 0 Å². The maximum absolute atomic E-state index is 4.03. The van der Waals surface area contributed by atoms with Gasteiger partial charge in [-0.1, -0.05) is 0 Å². The molecular formula is C10H15Ge. The van der Waals surface area contributed by atoms with E-state index >= 15 is 0 Å². The Morgan fingerprint density at radius 3 is 2.00 bits per heavy atom. The molecule has 1 aromatic carbocycles. The third kappa shape index (κ3) is 2.09. The van der Waals surface area contributed by atoms with Gasteiger partial charge in [0.05, 0.1) is 0 Å². The molecular weight excluding hydrogens is 193 g/mol. The van der Waals surface area contributed by atoms with Gasteiger partial charge < -0.3 is 0 Å². The van der Waals surface area contributed by atoms with E-state index in [-0.39, 0.29) is 0 Å². The summed E-state index contributed by atoms with van der Waals surface area (Å²) in [6.45, 7) is 4.03. The summed E-state index contributed by atoms with van der Waals surface area (Å²) in [6, 6.07) is 8.49. The molecule has 0 aromatic heterocycles. The standard InChI is InChI=1S/C10H15Ge/c1-9-7-5-6-8-10(9)11(2,3)4/h5-8H,1H2,2-4H3. The molecule has 0 spiro atoms. The van der Waals surface area contributed by atoms with E-state index in [1.807, 2.05) is 0 Å². The maximum atomic E-state index is 4.03. The van der Waals surface area contributed by atoms with E-state index in [1.165, 1.54) is 9.96 Å². The summed E-state index contributed by atoms with van der Waals surface area (Å²) in [5.74, 6) is 7.18. The Morgan fingerprint density at radius 2 is 1.64 bits per heavy atom. The average molecular weight is 208 g/mol. The number of hydrogen-bond donors (Lipinski definition) is 0. The zero-order chi connectivity index (χ0) is 8.48. The normalized spacial score (nSPS) is 11.6. The molecule has 0 heterocycles. The van der Waals surface area contributed by atoms with Crippen LogP contribution in [-0.4, -0.2) is 13.3 Å². The fourth-order valence-electron chi connectivity index (χ4n) is 1.25. The minimum absolute atomic E-state index is 1.22. The Bertz CT molecular complexity index is 245. The van der Waals surface area contributed by atoms with E-state index in [2.05, 4.69) is 48.5 Å². The van der Waals surface area contributed by atoms with Crippen LogP contribution in [-0.2, 0) is 0 Å². The summed E-state index contributed by atoms with van der Waals surface area (Å²) in [7, 11) is 0. The van der Waals surface area contributed by atoms with Crippen LogP contribution in [0.15, 0.2) is 24.3 Å².